The number of hydrogen-bond donors (Lipinski definition) is 1. The maximum atomic E-state index is 12.1. The van der Waals surface area contributed by atoms with Gasteiger partial charge >= 0.3 is 0 Å². The van der Waals surface area contributed by atoms with E-state index >= 15 is 0 Å². The Labute approximate surface area is 159 Å². The molecule has 0 bridgehead atoms. The van der Waals surface area contributed by atoms with Crippen LogP contribution in [-0.4, -0.2) is 53.8 Å². The number of aliphatic imine (C=N–C) groups is 1. The second kappa shape index (κ2) is 8.88. The Kier molecular flexibility index (Phi) is 6.32. The normalized spacial score (nSPS) is 26.0. The van der Waals surface area contributed by atoms with Crippen molar-refractivity contribution in [3.05, 3.63) is 24.4 Å². The number of carbonyl (C=O) groups excluding carboxylic acids is 3. The summed E-state index contributed by atoms with van der Waals surface area (Å²) in [5.74, 6) is -0.532. The molecule has 1 saturated heterocycles. The standard InChI is InChI=1S/C20H26N4O3/c1-24-13-16(18(25)20(24)27)19(26)22-11-9-14-5-7-15(8-6-14)12-23-17-4-2-3-10-21-17/h2-4,10,12,14-16H,5-9,11,13H2,1H3,(H,22,26). The molecule has 1 aromatic rings. The van der Waals surface area contributed by atoms with E-state index in [1.807, 2.05) is 24.4 Å². The van der Waals surface area contributed by atoms with Gasteiger partial charge in [0.1, 0.15) is 5.92 Å². The smallest absolute Gasteiger partial charge is 0.290 e. The molecule has 1 aromatic heterocycles. The van der Waals surface area contributed by atoms with Crippen LogP contribution in [-0.2, 0) is 14.4 Å². The van der Waals surface area contributed by atoms with E-state index in [4.69, 9.17) is 0 Å². The predicted molar refractivity (Wildman–Crippen MR) is 102 cm³/mol. The molecule has 1 aliphatic heterocycles. The first-order chi connectivity index (χ1) is 13.0. The van der Waals surface area contributed by atoms with Gasteiger partial charge in [-0.05, 0) is 56.1 Å². The van der Waals surface area contributed by atoms with Crippen molar-refractivity contribution < 1.29 is 14.4 Å². The van der Waals surface area contributed by atoms with Gasteiger partial charge in [-0.25, -0.2) is 9.98 Å². The lowest BCUT2D eigenvalue weighted by Gasteiger charge is -2.26. The summed E-state index contributed by atoms with van der Waals surface area (Å²) in [7, 11) is 1.54. The van der Waals surface area contributed by atoms with Crippen LogP contribution in [0.4, 0.5) is 5.82 Å². The van der Waals surface area contributed by atoms with Crippen molar-refractivity contribution in [2.24, 2.45) is 22.7 Å². The highest BCUT2D eigenvalue weighted by molar-refractivity contribution is 6.42. The number of nitrogens with zero attached hydrogens (tertiary/aromatic N) is 3. The van der Waals surface area contributed by atoms with E-state index in [0.717, 1.165) is 37.9 Å². The minimum absolute atomic E-state index is 0.185. The minimum Gasteiger partial charge on any atom is -0.355 e. The number of pyridine rings is 1. The lowest BCUT2D eigenvalue weighted by atomic mass is 9.81. The van der Waals surface area contributed by atoms with E-state index in [-0.39, 0.29) is 12.5 Å². The van der Waals surface area contributed by atoms with Crippen LogP contribution in [0.2, 0.25) is 0 Å². The van der Waals surface area contributed by atoms with Crippen LogP contribution < -0.4 is 5.32 Å². The molecule has 2 amide bonds. The molecule has 2 aliphatic rings. The van der Waals surface area contributed by atoms with E-state index in [1.54, 1.807) is 13.2 Å². The third-order valence-electron chi connectivity index (χ3n) is 5.46. The molecule has 27 heavy (non-hydrogen) atoms. The van der Waals surface area contributed by atoms with Crippen molar-refractivity contribution >= 4 is 29.6 Å². The zero-order valence-electron chi connectivity index (χ0n) is 15.6. The van der Waals surface area contributed by atoms with Crippen molar-refractivity contribution in [2.45, 2.75) is 32.1 Å². The van der Waals surface area contributed by atoms with Gasteiger partial charge in [0.05, 0.1) is 0 Å². The fourth-order valence-corrected chi connectivity index (χ4v) is 3.74. The lowest BCUT2D eigenvalue weighted by molar-refractivity contribution is -0.142. The molecule has 7 nitrogen and oxygen atoms in total. The fourth-order valence-electron chi connectivity index (χ4n) is 3.74. The number of hydrogen-bond acceptors (Lipinski definition) is 5. The second-order valence-corrected chi connectivity index (χ2v) is 7.43. The topological polar surface area (TPSA) is 91.7 Å². The van der Waals surface area contributed by atoms with Gasteiger partial charge in [-0.15, -0.1) is 0 Å². The van der Waals surface area contributed by atoms with E-state index < -0.39 is 17.6 Å². The Bertz CT molecular complexity index is 711. The highest BCUT2D eigenvalue weighted by atomic mass is 16.2. The Morgan fingerprint density at radius 2 is 2.07 bits per heavy atom. The maximum absolute atomic E-state index is 12.1. The van der Waals surface area contributed by atoms with Crippen molar-refractivity contribution in [1.29, 1.82) is 0 Å². The first kappa shape index (κ1) is 19.2. The summed E-state index contributed by atoms with van der Waals surface area (Å²) >= 11 is 0. The summed E-state index contributed by atoms with van der Waals surface area (Å²) in [6, 6.07) is 5.70. The number of likely N-dealkylation sites (N-methyl/N-ethyl adjacent to an activating group) is 1. The average molecular weight is 370 g/mol. The summed E-state index contributed by atoms with van der Waals surface area (Å²) in [6.07, 6.45) is 9.06. The molecule has 2 fully saturated rings. The third kappa shape index (κ3) is 4.99. The van der Waals surface area contributed by atoms with Crippen LogP contribution >= 0.6 is 0 Å². The monoisotopic (exact) mass is 370 g/mol. The van der Waals surface area contributed by atoms with Gasteiger partial charge in [-0.3, -0.25) is 14.4 Å². The molecule has 1 aliphatic carbocycles. The highest BCUT2D eigenvalue weighted by Crippen LogP contribution is 2.30. The van der Waals surface area contributed by atoms with Gasteiger partial charge in [0.2, 0.25) is 11.7 Å². The third-order valence-corrected chi connectivity index (χ3v) is 5.46. The van der Waals surface area contributed by atoms with Gasteiger partial charge in [0.15, 0.2) is 5.82 Å². The summed E-state index contributed by atoms with van der Waals surface area (Å²) in [5, 5.41) is 2.83. The maximum Gasteiger partial charge on any atom is 0.290 e. The largest absolute Gasteiger partial charge is 0.355 e. The number of amides is 2. The molecular formula is C20H26N4O3. The van der Waals surface area contributed by atoms with Crippen LogP contribution in [0, 0.1) is 17.8 Å². The number of likely N-dealkylation sites (tertiary alicyclic amines) is 1. The quantitative estimate of drug-likeness (QED) is 0.469. The Hall–Kier alpha value is -2.57. The highest BCUT2D eigenvalue weighted by Gasteiger charge is 2.41. The van der Waals surface area contributed by atoms with E-state index in [9.17, 15) is 14.4 Å². The number of ketones is 1. The molecule has 1 atom stereocenters. The van der Waals surface area contributed by atoms with Crippen LogP contribution in [0.1, 0.15) is 32.1 Å². The number of nitrogens with one attached hydrogen (secondary N) is 1. The minimum atomic E-state index is -0.846. The molecule has 3 rings (SSSR count). The Morgan fingerprint density at radius 1 is 1.30 bits per heavy atom. The van der Waals surface area contributed by atoms with Gasteiger partial charge in [-0.2, -0.15) is 0 Å². The average Bonchev–Trinajstić information content (AvgIpc) is 2.95. The predicted octanol–water partition coefficient (Wildman–Crippen LogP) is 1.75. The fraction of sp³-hybridized carbons (Fsp3) is 0.550. The Morgan fingerprint density at radius 3 is 2.70 bits per heavy atom. The van der Waals surface area contributed by atoms with E-state index in [0.29, 0.717) is 18.4 Å². The van der Waals surface area contributed by atoms with Crippen LogP contribution in [0.3, 0.4) is 0 Å². The zero-order valence-corrected chi connectivity index (χ0v) is 15.6. The first-order valence-electron chi connectivity index (χ1n) is 9.57. The van der Waals surface area contributed by atoms with Gasteiger partial charge in [0.25, 0.3) is 5.91 Å². The number of carbonyl (C=O) groups is 3. The van der Waals surface area contributed by atoms with Crippen molar-refractivity contribution in [2.75, 3.05) is 20.1 Å². The molecule has 144 valence electrons. The Balaban J connectivity index is 1.35. The summed E-state index contributed by atoms with van der Waals surface area (Å²) < 4.78 is 0. The molecule has 0 aromatic carbocycles. The summed E-state index contributed by atoms with van der Waals surface area (Å²) in [5.41, 5.74) is 0. The first-order valence-corrected chi connectivity index (χ1v) is 9.57. The SMILES string of the molecule is CN1CC(C(=O)NCCC2CCC(C=Nc3ccccn3)CC2)C(=O)C1=O. The lowest BCUT2D eigenvalue weighted by Crippen LogP contribution is -2.36. The zero-order chi connectivity index (χ0) is 19.2. The second-order valence-electron chi connectivity index (χ2n) is 7.43. The molecule has 1 unspecified atom stereocenters. The van der Waals surface area contributed by atoms with Crippen molar-refractivity contribution in [3.63, 3.8) is 0 Å². The molecule has 7 heteroatoms. The molecule has 0 spiro atoms. The number of Topliss-reactive ketones (excluding diaryl/α,β-unsaturated/α-hetero) is 1. The summed E-state index contributed by atoms with van der Waals surface area (Å²) in [6.45, 7) is 0.738. The number of aromatic nitrogens is 1. The van der Waals surface area contributed by atoms with Crippen LogP contribution in [0.5, 0.6) is 0 Å². The molecular weight excluding hydrogens is 344 g/mol. The van der Waals surface area contributed by atoms with Crippen molar-refractivity contribution in [1.82, 2.24) is 15.2 Å². The summed E-state index contributed by atoms with van der Waals surface area (Å²) in [4.78, 5) is 45.3. The van der Waals surface area contributed by atoms with Crippen LogP contribution in [0.25, 0.3) is 0 Å². The molecule has 1 saturated carbocycles. The van der Waals surface area contributed by atoms with Crippen molar-refractivity contribution in [3.8, 4) is 0 Å². The van der Waals surface area contributed by atoms with Gasteiger partial charge in [0, 0.05) is 32.5 Å². The van der Waals surface area contributed by atoms with E-state index in [2.05, 4.69) is 15.3 Å². The molecule has 1 N–H and O–H groups in total. The number of rotatable bonds is 6. The van der Waals surface area contributed by atoms with Gasteiger partial charge in [-0.1, -0.05) is 6.07 Å². The van der Waals surface area contributed by atoms with Gasteiger partial charge < -0.3 is 10.2 Å². The van der Waals surface area contributed by atoms with Crippen LogP contribution in [0.15, 0.2) is 29.4 Å². The molecule has 2 heterocycles. The molecule has 0 radical (unpaired) electrons. The van der Waals surface area contributed by atoms with E-state index in [1.165, 1.54) is 4.90 Å².